The number of benzene rings is 2. The first kappa shape index (κ1) is 16.6. The quantitative estimate of drug-likeness (QED) is 0.900. The van der Waals surface area contributed by atoms with Crippen LogP contribution in [0.2, 0.25) is 0 Å². The predicted molar refractivity (Wildman–Crippen MR) is 101 cm³/mol. The van der Waals surface area contributed by atoms with Gasteiger partial charge in [0.1, 0.15) is 0 Å². The van der Waals surface area contributed by atoms with E-state index in [-0.39, 0.29) is 5.91 Å². The Kier molecular flexibility index (Phi) is 5.19. The molecule has 0 atom stereocenters. The first-order chi connectivity index (χ1) is 11.6. The molecule has 0 spiro atoms. The van der Waals surface area contributed by atoms with Gasteiger partial charge in [0.2, 0.25) is 5.91 Å². The number of hydrogen-bond donors (Lipinski definition) is 1. The second-order valence-corrected chi connectivity index (χ2v) is 6.75. The van der Waals surface area contributed by atoms with Crippen molar-refractivity contribution in [1.29, 1.82) is 0 Å². The summed E-state index contributed by atoms with van der Waals surface area (Å²) in [4.78, 5) is 14.7. The largest absolute Gasteiger partial charge is 0.372 e. The molecule has 2 aromatic rings. The highest BCUT2D eigenvalue weighted by Gasteiger charge is 2.11. The van der Waals surface area contributed by atoms with Gasteiger partial charge in [0, 0.05) is 24.5 Å². The molecule has 1 N–H and O–H groups in total. The normalized spacial score (nSPS) is 14.5. The zero-order valence-electron chi connectivity index (χ0n) is 14.6. The molecule has 24 heavy (non-hydrogen) atoms. The fraction of sp³-hybridized carbons (Fsp3) is 0.381. The van der Waals surface area contributed by atoms with Crippen LogP contribution in [0.25, 0.3) is 0 Å². The van der Waals surface area contributed by atoms with E-state index in [9.17, 15) is 4.79 Å². The fourth-order valence-corrected chi connectivity index (χ4v) is 3.28. The molecule has 0 bridgehead atoms. The minimum absolute atomic E-state index is 0.0365. The highest BCUT2D eigenvalue weighted by molar-refractivity contribution is 5.92. The van der Waals surface area contributed by atoms with Crippen LogP contribution in [0, 0.1) is 13.8 Å². The lowest BCUT2D eigenvalue weighted by atomic mass is 10.0. The molecule has 126 valence electrons. The molecule has 1 heterocycles. The highest BCUT2D eigenvalue weighted by atomic mass is 16.1. The molecular weight excluding hydrogens is 296 g/mol. The number of nitrogens with one attached hydrogen (secondary N) is 1. The van der Waals surface area contributed by atoms with Crippen molar-refractivity contribution in [3.8, 4) is 0 Å². The van der Waals surface area contributed by atoms with Crippen molar-refractivity contribution in [2.24, 2.45) is 0 Å². The van der Waals surface area contributed by atoms with Crippen molar-refractivity contribution < 1.29 is 4.79 Å². The number of hydrogen-bond acceptors (Lipinski definition) is 2. The molecule has 1 amide bonds. The highest BCUT2D eigenvalue weighted by Crippen LogP contribution is 2.22. The first-order valence-corrected chi connectivity index (χ1v) is 8.83. The molecule has 1 aliphatic rings. The maximum absolute atomic E-state index is 12.3. The third kappa shape index (κ3) is 4.16. The molecule has 0 saturated carbocycles. The van der Waals surface area contributed by atoms with Crippen molar-refractivity contribution in [1.82, 2.24) is 0 Å². The summed E-state index contributed by atoms with van der Waals surface area (Å²) in [5.74, 6) is 0.0365. The summed E-state index contributed by atoms with van der Waals surface area (Å²) in [5.41, 5.74) is 5.57. The van der Waals surface area contributed by atoms with Crippen LogP contribution in [0.4, 0.5) is 11.4 Å². The van der Waals surface area contributed by atoms with E-state index in [1.54, 1.807) is 0 Å². The molecule has 0 unspecified atom stereocenters. The first-order valence-electron chi connectivity index (χ1n) is 8.83. The van der Waals surface area contributed by atoms with Crippen LogP contribution in [-0.2, 0) is 11.2 Å². The fourth-order valence-electron chi connectivity index (χ4n) is 3.28. The van der Waals surface area contributed by atoms with Gasteiger partial charge in [-0.2, -0.15) is 0 Å². The van der Waals surface area contributed by atoms with Gasteiger partial charge in [-0.15, -0.1) is 0 Å². The van der Waals surface area contributed by atoms with Gasteiger partial charge in [-0.1, -0.05) is 23.8 Å². The van der Waals surface area contributed by atoms with Crippen LogP contribution in [-0.4, -0.2) is 19.0 Å². The lowest BCUT2D eigenvalue weighted by Crippen LogP contribution is -2.29. The topological polar surface area (TPSA) is 32.3 Å². The number of rotatable bonds is 4. The second-order valence-electron chi connectivity index (χ2n) is 6.75. The molecule has 0 aromatic heterocycles. The molecule has 3 heteroatoms. The Balaban J connectivity index is 1.61. The predicted octanol–water partition coefficient (Wildman–Crippen LogP) is 4.47. The standard InChI is InChI=1S/C21H26N2O/c1-16-6-7-17(2)18(14-16)15-21(24)22-19-8-10-20(11-9-19)23-12-4-3-5-13-23/h6-11,14H,3-5,12-13,15H2,1-2H3,(H,22,24). The Bertz CT molecular complexity index is 700. The number of piperidine rings is 1. The summed E-state index contributed by atoms with van der Waals surface area (Å²) >= 11 is 0. The Labute approximate surface area is 144 Å². The van der Waals surface area contributed by atoms with Crippen molar-refractivity contribution in [2.45, 2.75) is 39.5 Å². The number of anilines is 2. The summed E-state index contributed by atoms with van der Waals surface area (Å²) in [7, 11) is 0. The van der Waals surface area contributed by atoms with Crippen LogP contribution in [0.3, 0.4) is 0 Å². The number of nitrogens with zero attached hydrogens (tertiary/aromatic N) is 1. The van der Waals surface area contributed by atoms with Crippen molar-refractivity contribution in [3.05, 3.63) is 59.2 Å². The Morgan fingerprint density at radius 1 is 1.00 bits per heavy atom. The third-order valence-electron chi connectivity index (χ3n) is 4.73. The van der Waals surface area contributed by atoms with E-state index in [1.807, 2.05) is 12.1 Å². The second kappa shape index (κ2) is 7.52. The Morgan fingerprint density at radius 2 is 1.71 bits per heavy atom. The van der Waals surface area contributed by atoms with Crippen molar-refractivity contribution in [3.63, 3.8) is 0 Å². The van der Waals surface area contributed by atoms with E-state index >= 15 is 0 Å². The Morgan fingerprint density at radius 3 is 2.42 bits per heavy atom. The summed E-state index contributed by atoms with van der Waals surface area (Å²) in [6, 6.07) is 14.5. The van der Waals surface area contributed by atoms with E-state index in [2.05, 4.69) is 54.4 Å². The minimum Gasteiger partial charge on any atom is -0.372 e. The van der Waals surface area contributed by atoms with Gasteiger partial charge in [0.05, 0.1) is 6.42 Å². The molecule has 1 saturated heterocycles. The van der Waals surface area contributed by atoms with Crippen molar-refractivity contribution >= 4 is 17.3 Å². The number of carbonyl (C=O) groups excluding carboxylic acids is 1. The van der Waals surface area contributed by atoms with Crippen LogP contribution < -0.4 is 10.2 Å². The number of amides is 1. The number of carbonyl (C=O) groups is 1. The zero-order valence-corrected chi connectivity index (χ0v) is 14.6. The van der Waals surface area contributed by atoms with Gasteiger partial charge in [-0.3, -0.25) is 4.79 Å². The Hall–Kier alpha value is -2.29. The van der Waals surface area contributed by atoms with Crippen molar-refractivity contribution in [2.75, 3.05) is 23.3 Å². The van der Waals surface area contributed by atoms with E-state index < -0.39 is 0 Å². The summed E-state index contributed by atoms with van der Waals surface area (Å²) in [6.07, 6.45) is 4.30. The molecule has 3 rings (SSSR count). The summed E-state index contributed by atoms with van der Waals surface area (Å²) in [5, 5.41) is 3.01. The maximum Gasteiger partial charge on any atom is 0.228 e. The van der Waals surface area contributed by atoms with Crippen LogP contribution >= 0.6 is 0 Å². The average molecular weight is 322 g/mol. The SMILES string of the molecule is Cc1ccc(C)c(CC(=O)Nc2ccc(N3CCCCC3)cc2)c1. The molecule has 0 radical (unpaired) electrons. The van der Waals surface area contributed by atoms with Gasteiger partial charge in [0.15, 0.2) is 0 Å². The van der Waals surface area contributed by atoms with Crippen LogP contribution in [0.1, 0.15) is 36.0 Å². The molecule has 1 aliphatic heterocycles. The monoisotopic (exact) mass is 322 g/mol. The molecule has 2 aromatic carbocycles. The van der Waals surface area contributed by atoms with Gasteiger partial charge in [-0.05, 0) is 68.5 Å². The van der Waals surface area contributed by atoms with E-state index in [0.717, 1.165) is 29.9 Å². The van der Waals surface area contributed by atoms with Gasteiger partial charge in [-0.25, -0.2) is 0 Å². The third-order valence-corrected chi connectivity index (χ3v) is 4.73. The molecule has 0 aliphatic carbocycles. The van der Waals surface area contributed by atoms with Crippen LogP contribution in [0.5, 0.6) is 0 Å². The van der Waals surface area contributed by atoms with Crippen LogP contribution in [0.15, 0.2) is 42.5 Å². The molecule has 3 nitrogen and oxygen atoms in total. The maximum atomic E-state index is 12.3. The lowest BCUT2D eigenvalue weighted by molar-refractivity contribution is -0.115. The van der Waals surface area contributed by atoms with E-state index in [1.165, 1.54) is 30.5 Å². The van der Waals surface area contributed by atoms with E-state index in [4.69, 9.17) is 0 Å². The van der Waals surface area contributed by atoms with Gasteiger partial charge < -0.3 is 10.2 Å². The van der Waals surface area contributed by atoms with Gasteiger partial charge >= 0.3 is 0 Å². The zero-order chi connectivity index (χ0) is 16.9. The molecular formula is C21H26N2O. The number of aryl methyl sites for hydroxylation is 2. The minimum atomic E-state index is 0.0365. The summed E-state index contributed by atoms with van der Waals surface area (Å²) in [6.45, 7) is 6.38. The average Bonchev–Trinajstić information content (AvgIpc) is 2.59. The van der Waals surface area contributed by atoms with E-state index in [0.29, 0.717) is 6.42 Å². The van der Waals surface area contributed by atoms with Gasteiger partial charge in [0.25, 0.3) is 0 Å². The smallest absolute Gasteiger partial charge is 0.228 e. The summed E-state index contributed by atoms with van der Waals surface area (Å²) < 4.78 is 0. The lowest BCUT2D eigenvalue weighted by Gasteiger charge is -2.28. The molecule has 1 fully saturated rings.